The first-order valence-electron chi connectivity index (χ1n) is 11.2. The summed E-state index contributed by atoms with van der Waals surface area (Å²) in [5, 5.41) is 11.3. The Bertz CT molecular complexity index is 1280. The molecule has 4 aromatic rings. The normalized spacial score (nSPS) is 11.9. The monoisotopic (exact) mass is 486 g/mol. The van der Waals surface area contributed by atoms with Crippen LogP contribution in [0.25, 0.3) is 21.8 Å². The molecule has 0 bridgehead atoms. The molecule has 34 heavy (non-hydrogen) atoms. The largest absolute Gasteiger partial charge is 0.395 e. The second-order valence-corrected chi connectivity index (χ2v) is 10.1. The fraction of sp³-hybridized carbons (Fsp3) is 0.360. The topological polar surface area (TPSA) is 102 Å². The van der Waals surface area contributed by atoms with Crippen LogP contribution in [0.15, 0.2) is 60.9 Å². The van der Waals surface area contributed by atoms with E-state index in [4.69, 9.17) is 9.29 Å². The maximum atomic E-state index is 10.9. The van der Waals surface area contributed by atoms with E-state index in [0.717, 1.165) is 24.9 Å². The van der Waals surface area contributed by atoms with Crippen LogP contribution in [0.2, 0.25) is 0 Å². The Morgan fingerprint density at radius 1 is 0.824 bits per heavy atom. The van der Waals surface area contributed by atoms with Gasteiger partial charge in [-0.15, -0.1) is 0 Å². The number of aliphatic hydroxyl groups excluding tert-OH is 1. The molecule has 0 aliphatic carbocycles. The lowest BCUT2D eigenvalue weighted by atomic mass is 10.1. The summed E-state index contributed by atoms with van der Waals surface area (Å²) in [5.74, 6) is 0. The number of aromatic amines is 2. The van der Waals surface area contributed by atoms with Gasteiger partial charge in [0.25, 0.3) is 10.1 Å². The quantitative estimate of drug-likeness (QED) is 0.298. The van der Waals surface area contributed by atoms with Crippen molar-refractivity contribution in [2.75, 3.05) is 46.7 Å². The van der Waals surface area contributed by atoms with Gasteiger partial charge in [0.15, 0.2) is 0 Å². The smallest absolute Gasteiger partial charge is 0.264 e. The van der Waals surface area contributed by atoms with Crippen LogP contribution in [0.3, 0.4) is 0 Å². The van der Waals surface area contributed by atoms with E-state index in [2.05, 4.69) is 51.3 Å². The molecule has 0 spiro atoms. The Labute approximate surface area is 201 Å². The summed E-state index contributed by atoms with van der Waals surface area (Å²) in [6.07, 6.45) is 4.94. The van der Waals surface area contributed by atoms with Crippen molar-refractivity contribution < 1.29 is 17.7 Å². The summed E-state index contributed by atoms with van der Waals surface area (Å²) >= 11 is 0. The number of hydrogen-bond acceptors (Lipinski definition) is 6. The van der Waals surface area contributed by atoms with Gasteiger partial charge in [-0.25, -0.2) is 0 Å². The van der Waals surface area contributed by atoms with E-state index in [1.54, 1.807) is 0 Å². The van der Waals surface area contributed by atoms with Gasteiger partial charge in [0.2, 0.25) is 0 Å². The van der Waals surface area contributed by atoms with Gasteiger partial charge in [-0.1, -0.05) is 36.4 Å². The summed E-state index contributed by atoms with van der Waals surface area (Å²) in [4.78, 5) is 10.6. The number of rotatable bonds is 10. The zero-order chi connectivity index (χ0) is 24.6. The molecular weight excluding hydrogens is 452 g/mol. The van der Waals surface area contributed by atoms with Gasteiger partial charge in [-0.3, -0.25) is 14.0 Å². The van der Waals surface area contributed by atoms with Crippen LogP contribution < -0.4 is 0 Å². The lowest BCUT2D eigenvalue weighted by Crippen LogP contribution is -2.24. The Morgan fingerprint density at radius 2 is 1.32 bits per heavy atom. The highest BCUT2D eigenvalue weighted by Crippen LogP contribution is 2.19. The van der Waals surface area contributed by atoms with Gasteiger partial charge in [-0.05, 0) is 48.1 Å². The van der Waals surface area contributed by atoms with Crippen LogP contribution in [0.1, 0.15) is 11.1 Å². The van der Waals surface area contributed by atoms with Gasteiger partial charge in [-0.2, -0.15) is 8.42 Å². The Morgan fingerprint density at radius 3 is 1.79 bits per heavy atom. The first-order chi connectivity index (χ1) is 16.3. The molecule has 8 nitrogen and oxygen atoms in total. The second kappa shape index (κ2) is 12.1. The number of benzene rings is 2. The summed E-state index contributed by atoms with van der Waals surface area (Å²) in [6.45, 7) is 3.25. The summed E-state index contributed by atoms with van der Waals surface area (Å²) in [6, 6.07) is 16.5. The molecule has 0 radical (unpaired) electrons. The SMILES string of the molecule is CN(CCO)Cc1cccc2cc[nH]c12.CN(CCOS(C)(=O)=O)Cc1cccc2cc[nH]c12. The second-order valence-electron chi connectivity index (χ2n) is 8.44. The minimum absolute atomic E-state index is 0.177. The molecular formula is C25H34N4O4S. The van der Waals surface area contributed by atoms with Gasteiger partial charge in [0.1, 0.15) is 0 Å². The Balaban J connectivity index is 0.000000196. The minimum Gasteiger partial charge on any atom is -0.395 e. The van der Waals surface area contributed by atoms with E-state index in [9.17, 15) is 8.42 Å². The number of fused-ring (bicyclic) bond motifs is 2. The molecule has 2 aromatic carbocycles. The number of para-hydroxylation sites is 2. The molecule has 0 atom stereocenters. The van der Waals surface area contributed by atoms with Crippen molar-refractivity contribution in [1.82, 2.24) is 19.8 Å². The molecule has 2 aromatic heterocycles. The van der Waals surface area contributed by atoms with Crippen molar-refractivity contribution in [1.29, 1.82) is 0 Å². The highest BCUT2D eigenvalue weighted by molar-refractivity contribution is 7.85. The lowest BCUT2D eigenvalue weighted by Gasteiger charge is -2.16. The first-order valence-corrected chi connectivity index (χ1v) is 13.0. The van der Waals surface area contributed by atoms with E-state index >= 15 is 0 Å². The molecule has 0 amide bonds. The zero-order valence-corrected chi connectivity index (χ0v) is 20.8. The van der Waals surface area contributed by atoms with Gasteiger partial charge >= 0.3 is 0 Å². The summed E-state index contributed by atoms with van der Waals surface area (Å²) in [7, 11) is 0.599. The molecule has 0 aliphatic rings. The van der Waals surface area contributed by atoms with Crippen LogP contribution in [-0.4, -0.2) is 79.9 Å². The van der Waals surface area contributed by atoms with Crippen LogP contribution in [0, 0.1) is 0 Å². The molecule has 9 heteroatoms. The van der Waals surface area contributed by atoms with E-state index in [-0.39, 0.29) is 13.2 Å². The van der Waals surface area contributed by atoms with Crippen molar-refractivity contribution in [2.24, 2.45) is 0 Å². The maximum Gasteiger partial charge on any atom is 0.264 e. The zero-order valence-electron chi connectivity index (χ0n) is 20.0. The minimum atomic E-state index is -3.35. The standard InChI is InChI=1S/C13H18N2O3S.C12H16N2O/c1-15(8-9-18-19(2,16)17)10-12-5-3-4-11-6-7-14-13(11)12;1-14(7-8-15)9-11-4-2-3-10-5-6-13-12(10)11/h3-7,14H,8-10H2,1-2H3;2-6,13,15H,7-9H2,1H3. The lowest BCUT2D eigenvalue weighted by molar-refractivity contribution is 0.217. The van der Waals surface area contributed by atoms with Crippen molar-refractivity contribution in [3.8, 4) is 0 Å². The maximum absolute atomic E-state index is 10.9. The predicted molar refractivity (Wildman–Crippen MR) is 137 cm³/mol. The van der Waals surface area contributed by atoms with Crippen LogP contribution in [0.5, 0.6) is 0 Å². The summed E-state index contributed by atoms with van der Waals surface area (Å²) < 4.78 is 26.5. The molecule has 0 saturated heterocycles. The average Bonchev–Trinajstić information content (AvgIpc) is 3.44. The number of nitrogens with one attached hydrogen (secondary N) is 2. The van der Waals surface area contributed by atoms with Crippen molar-refractivity contribution in [3.63, 3.8) is 0 Å². The number of H-pyrrole nitrogens is 2. The Kier molecular flexibility index (Phi) is 9.26. The molecule has 0 aliphatic heterocycles. The van der Waals surface area contributed by atoms with Crippen molar-refractivity contribution >= 4 is 31.9 Å². The molecule has 3 N–H and O–H groups in total. The average molecular weight is 487 g/mol. The van der Waals surface area contributed by atoms with Gasteiger partial charge in [0, 0.05) is 49.6 Å². The first kappa shape index (κ1) is 25.9. The fourth-order valence-corrected chi connectivity index (χ4v) is 4.20. The van der Waals surface area contributed by atoms with Gasteiger partial charge < -0.3 is 15.1 Å². The van der Waals surface area contributed by atoms with E-state index in [1.807, 2.05) is 43.5 Å². The highest BCUT2D eigenvalue weighted by Gasteiger charge is 2.07. The molecule has 184 valence electrons. The number of hydrogen-bond donors (Lipinski definition) is 3. The summed E-state index contributed by atoms with van der Waals surface area (Å²) in [5.41, 5.74) is 4.78. The number of aromatic nitrogens is 2. The van der Waals surface area contributed by atoms with Crippen LogP contribution in [0.4, 0.5) is 0 Å². The van der Waals surface area contributed by atoms with E-state index in [1.165, 1.54) is 27.4 Å². The third-order valence-corrected chi connectivity index (χ3v) is 6.07. The molecule has 0 saturated carbocycles. The van der Waals surface area contributed by atoms with Crippen molar-refractivity contribution in [2.45, 2.75) is 13.1 Å². The Hall–Kier alpha value is -2.69. The van der Waals surface area contributed by atoms with E-state index in [0.29, 0.717) is 13.1 Å². The molecule has 4 rings (SSSR count). The number of likely N-dealkylation sites (N-methyl/N-ethyl adjacent to an activating group) is 2. The fourth-order valence-electron chi connectivity index (χ4n) is 3.82. The van der Waals surface area contributed by atoms with E-state index < -0.39 is 10.1 Å². The third kappa shape index (κ3) is 7.68. The molecule has 2 heterocycles. The van der Waals surface area contributed by atoms with Gasteiger partial charge in [0.05, 0.1) is 19.5 Å². The highest BCUT2D eigenvalue weighted by atomic mass is 32.2. The van der Waals surface area contributed by atoms with Crippen LogP contribution in [-0.2, 0) is 27.4 Å². The predicted octanol–water partition coefficient (Wildman–Crippen LogP) is 3.17. The number of aliphatic hydroxyl groups is 1. The van der Waals surface area contributed by atoms with Crippen molar-refractivity contribution in [3.05, 3.63) is 72.1 Å². The van der Waals surface area contributed by atoms with Crippen LogP contribution >= 0.6 is 0 Å². The molecule has 0 unspecified atom stereocenters. The number of nitrogens with zero attached hydrogens (tertiary/aromatic N) is 2. The molecule has 0 fully saturated rings. The third-order valence-electron chi connectivity index (χ3n) is 5.48.